The average molecular weight is 481 g/mol. The van der Waals surface area contributed by atoms with E-state index < -0.39 is 9.84 Å². The maximum absolute atomic E-state index is 13.0. The number of hydrogen-bond acceptors (Lipinski definition) is 4. The van der Waals surface area contributed by atoms with Gasteiger partial charge < -0.3 is 9.47 Å². The first-order chi connectivity index (χ1) is 16.2. The Morgan fingerprint density at radius 3 is 2.29 bits per heavy atom. The number of hydrogen-bond donors (Lipinski definition) is 0. The first-order valence-corrected chi connectivity index (χ1v) is 13.7. The molecule has 0 N–H and O–H groups in total. The molecule has 3 aliphatic rings. The number of allylic oxidation sites excluding steroid dienone is 9. The van der Waals surface area contributed by atoms with E-state index in [-0.39, 0.29) is 10.7 Å². The minimum atomic E-state index is -3.32. The predicted molar refractivity (Wildman–Crippen MR) is 137 cm³/mol. The summed E-state index contributed by atoms with van der Waals surface area (Å²) in [6.07, 6.45) is 17.7. The highest BCUT2D eigenvalue weighted by Gasteiger charge is 2.33. The molecule has 0 saturated heterocycles. The van der Waals surface area contributed by atoms with Gasteiger partial charge in [0.1, 0.15) is 17.3 Å². The Balaban J connectivity index is 1.40. The Morgan fingerprint density at radius 2 is 1.74 bits per heavy atom. The van der Waals surface area contributed by atoms with E-state index in [9.17, 15) is 8.42 Å². The zero-order valence-corrected chi connectivity index (χ0v) is 21.5. The van der Waals surface area contributed by atoms with Gasteiger partial charge in [0, 0.05) is 6.42 Å². The number of sulfone groups is 1. The summed E-state index contributed by atoms with van der Waals surface area (Å²) in [6, 6.07) is 6.91. The van der Waals surface area contributed by atoms with Gasteiger partial charge in [-0.1, -0.05) is 43.2 Å². The molecular weight excluding hydrogens is 444 g/mol. The SMILES string of the molecule is COC1=CCC(C(C)(C)C2=CC=C(Oc3ccc(S(=O)(=O)C4CC=C(C)CC4)cc3)CC2)C=C1. The van der Waals surface area contributed by atoms with Crippen LogP contribution in [0.25, 0.3) is 0 Å². The van der Waals surface area contributed by atoms with Crippen LogP contribution in [0.2, 0.25) is 0 Å². The Labute approximate surface area is 204 Å². The maximum Gasteiger partial charge on any atom is 0.181 e. The third kappa shape index (κ3) is 5.25. The van der Waals surface area contributed by atoms with E-state index in [1.807, 2.05) is 0 Å². The summed E-state index contributed by atoms with van der Waals surface area (Å²) >= 11 is 0. The van der Waals surface area contributed by atoms with Crippen molar-refractivity contribution in [1.29, 1.82) is 0 Å². The van der Waals surface area contributed by atoms with Gasteiger partial charge in [-0.25, -0.2) is 8.42 Å². The Morgan fingerprint density at radius 1 is 0.971 bits per heavy atom. The van der Waals surface area contributed by atoms with Crippen molar-refractivity contribution in [3.8, 4) is 5.75 Å². The van der Waals surface area contributed by atoms with Crippen molar-refractivity contribution in [2.45, 2.75) is 69.4 Å². The molecule has 0 saturated carbocycles. The molecule has 0 amide bonds. The lowest BCUT2D eigenvalue weighted by molar-refractivity contribution is 0.276. The highest BCUT2D eigenvalue weighted by Crippen LogP contribution is 2.43. The minimum Gasteiger partial charge on any atom is -0.497 e. The van der Waals surface area contributed by atoms with Gasteiger partial charge in [-0.2, -0.15) is 0 Å². The molecule has 1 aromatic carbocycles. The van der Waals surface area contributed by atoms with Gasteiger partial charge in [-0.15, -0.1) is 0 Å². The first-order valence-electron chi connectivity index (χ1n) is 12.2. The lowest BCUT2D eigenvalue weighted by Gasteiger charge is -2.37. The smallest absolute Gasteiger partial charge is 0.181 e. The lowest BCUT2D eigenvalue weighted by Crippen LogP contribution is -2.27. The van der Waals surface area contributed by atoms with Crippen molar-refractivity contribution in [2.75, 3.05) is 7.11 Å². The highest BCUT2D eigenvalue weighted by atomic mass is 32.2. The number of ether oxygens (including phenoxy) is 2. The topological polar surface area (TPSA) is 52.6 Å². The molecule has 4 rings (SSSR count). The largest absolute Gasteiger partial charge is 0.497 e. The van der Waals surface area contributed by atoms with Crippen molar-refractivity contribution >= 4 is 9.84 Å². The molecule has 3 aliphatic carbocycles. The van der Waals surface area contributed by atoms with Gasteiger partial charge in [-0.05, 0) is 92.9 Å². The molecule has 4 nitrogen and oxygen atoms in total. The first kappa shape index (κ1) is 24.6. The monoisotopic (exact) mass is 480 g/mol. The van der Waals surface area contributed by atoms with E-state index in [4.69, 9.17) is 9.47 Å². The maximum atomic E-state index is 13.0. The van der Waals surface area contributed by atoms with Crippen LogP contribution in [0.5, 0.6) is 5.75 Å². The number of benzene rings is 1. The fraction of sp³-hybridized carbons (Fsp3) is 0.448. The molecule has 1 aromatic rings. The standard InChI is InChI=1S/C29H36O4S/c1-21-5-17-27(18-6-21)34(30,31)28-19-15-26(16-20-28)33-25-13-9-23(10-14-25)29(2,3)22-7-11-24(32-4)12-8-22/h5,7,9,11-13,15-16,19-20,22,27H,6,8,10,14,17-18H2,1-4H3. The molecule has 0 radical (unpaired) electrons. The second kappa shape index (κ2) is 9.99. The summed E-state index contributed by atoms with van der Waals surface area (Å²) in [6.45, 7) is 6.68. The van der Waals surface area contributed by atoms with Gasteiger partial charge in [-0.3, -0.25) is 0 Å². The number of methoxy groups -OCH3 is 1. The molecule has 0 bridgehead atoms. The number of rotatable bonds is 7. The fourth-order valence-corrected chi connectivity index (χ4v) is 6.71. The minimum absolute atomic E-state index is 0.0527. The summed E-state index contributed by atoms with van der Waals surface area (Å²) in [5.41, 5.74) is 2.75. The van der Waals surface area contributed by atoms with E-state index in [0.717, 1.165) is 37.2 Å². The second-order valence-electron chi connectivity index (χ2n) is 10.1. The zero-order chi connectivity index (χ0) is 24.3. The van der Waals surface area contributed by atoms with E-state index in [2.05, 4.69) is 57.2 Å². The molecule has 2 unspecified atom stereocenters. The Bertz CT molecular complexity index is 1160. The predicted octanol–water partition coefficient (Wildman–Crippen LogP) is 7.07. The van der Waals surface area contributed by atoms with Crippen molar-refractivity contribution < 1.29 is 17.9 Å². The normalized spacial score (nSPS) is 23.4. The fourth-order valence-electron chi connectivity index (χ4n) is 5.03. The van der Waals surface area contributed by atoms with Gasteiger partial charge in [0.05, 0.1) is 17.3 Å². The summed E-state index contributed by atoms with van der Waals surface area (Å²) in [4.78, 5) is 0.380. The third-order valence-corrected chi connectivity index (χ3v) is 9.83. The van der Waals surface area contributed by atoms with Crippen molar-refractivity contribution in [1.82, 2.24) is 0 Å². The molecule has 0 spiro atoms. The van der Waals surface area contributed by atoms with E-state index in [0.29, 0.717) is 29.4 Å². The average Bonchev–Trinajstić information content (AvgIpc) is 2.85. The van der Waals surface area contributed by atoms with Crippen molar-refractivity contribution in [3.05, 3.63) is 83.4 Å². The molecule has 5 heteroatoms. The molecule has 2 atom stereocenters. The summed E-state index contributed by atoms with van der Waals surface area (Å²) in [5, 5.41) is -0.327. The van der Waals surface area contributed by atoms with Crippen LogP contribution in [-0.2, 0) is 14.6 Å². The van der Waals surface area contributed by atoms with Crippen LogP contribution in [0.1, 0.15) is 59.3 Å². The van der Waals surface area contributed by atoms with Crippen LogP contribution in [0.15, 0.2) is 88.3 Å². The summed E-state index contributed by atoms with van der Waals surface area (Å²) < 4.78 is 37.4. The van der Waals surface area contributed by atoms with Crippen molar-refractivity contribution in [2.24, 2.45) is 11.3 Å². The van der Waals surface area contributed by atoms with Gasteiger partial charge in [0.15, 0.2) is 9.84 Å². The van der Waals surface area contributed by atoms with E-state index in [1.54, 1.807) is 31.4 Å². The molecule has 0 aliphatic heterocycles. The van der Waals surface area contributed by atoms with Gasteiger partial charge >= 0.3 is 0 Å². The van der Waals surface area contributed by atoms with Crippen LogP contribution < -0.4 is 4.74 Å². The summed E-state index contributed by atoms with van der Waals surface area (Å²) in [5.74, 6) is 2.95. The van der Waals surface area contributed by atoms with E-state index >= 15 is 0 Å². The van der Waals surface area contributed by atoms with Crippen LogP contribution in [0.4, 0.5) is 0 Å². The third-order valence-electron chi connectivity index (χ3n) is 7.60. The van der Waals surface area contributed by atoms with Gasteiger partial charge in [0.2, 0.25) is 0 Å². The van der Waals surface area contributed by atoms with Crippen LogP contribution in [0, 0.1) is 11.3 Å². The molecular formula is C29H36O4S. The van der Waals surface area contributed by atoms with Crippen LogP contribution in [-0.4, -0.2) is 20.8 Å². The Kier molecular flexibility index (Phi) is 7.22. The van der Waals surface area contributed by atoms with E-state index in [1.165, 1.54) is 11.1 Å². The molecule has 0 aromatic heterocycles. The van der Waals surface area contributed by atoms with Crippen LogP contribution in [0.3, 0.4) is 0 Å². The zero-order valence-electron chi connectivity index (χ0n) is 20.7. The molecule has 0 heterocycles. The molecule has 34 heavy (non-hydrogen) atoms. The molecule has 0 fully saturated rings. The van der Waals surface area contributed by atoms with Gasteiger partial charge in [0.25, 0.3) is 0 Å². The summed E-state index contributed by atoms with van der Waals surface area (Å²) in [7, 11) is -1.61. The van der Waals surface area contributed by atoms with Crippen molar-refractivity contribution in [3.63, 3.8) is 0 Å². The quantitative estimate of drug-likeness (QED) is 0.392. The highest BCUT2D eigenvalue weighted by molar-refractivity contribution is 7.92. The van der Waals surface area contributed by atoms with Crippen LogP contribution >= 0.6 is 0 Å². The Hall–Kier alpha value is -2.53. The lowest BCUT2D eigenvalue weighted by atomic mass is 9.68. The molecule has 182 valence electrons. The second-order valence-corrected chi connectivity index (χ2v) is 12.4.